The average molecular weight is 236 g/mol. The SMILES string of the molecule is CC1CCCN2C(=O)N(C3CCCC3)C(=O)C12. The third kappa shape index (κ3) is 1.57. The summed E-state index contributed by atoms with van der Waals surface area (Å²) in [6, 6.07) is 0.0168. The van der Waals surface area contributed by atoms with Crippen LogP contribution in [0.1, 0.15) is 45.4 Å². The Labute approximate surface area is 102 Å². The third-order valence-electron chi connectivity index (χ3n) is 4.57. The fraction of sp³-hybridized carbons (Fsp3) is 0.846. The largest absolute Gasteiger partial charge is 0.327 e. The van der Waals surface area contributed by atoms with E-state index in [1.54, 1.807) is 4.90 Å². The van der Waals surface area contributed by atoms with Crippen molar-refractivity contribution < 1.29 is 9.59 Å². The van der Waals surface area contributed by atoms with Gasteiger partial charge in [0.2, 0.25) is 0 Å². The molecule has 94 valence electrons. The fourth-order valence-electron chi connectivity index (χ4n) is 3.65. The van der Waals surface area contributed by atoms with Gasteiger partial charge in [0.05, 0.1) is 0 Å². The maximum absolute atomic E-state index is 12.4. The van der Waals surface area contributed by atoms with Crippen LogP contribution in [0.3, 0.4) is 0 Å². The van der Waals surface area contributed by atoms with Crippen LogP contribution in [0.2, 0.25) is 0 Å². The van der Waals surface area contributed by atoms with Gasteiger partial charge in [0.25, 0.3) is 5.91 Å². The van der Waals surface area contributed by atoms with Gasteiger partial charge < -0.3 is 4.90 Å². The first kappa shape index (κ1) is 11.1. The molecule has 0 N–H and O–H groups in total. The van der Waals surface area contributed by atoms with Crippen molar-refractivity contribution in [1.82, 2.24) is 9.80 Å². The minimum Gasteiger partial charge on any atom is -0.312 e. The third-order valence-corrected chi connectivity index (χ3v) is 4.57. The van der Waals surface area contributed by atoms with Gasteiger partial charge in [-0.2, -0.15) is 0 Å². The number of nitrogens with zero attached hydrogens (tertiary/aromatic N) is 2. The van der Waals surface area contributed by atoms with E-state index in [0.717, 1.165) is 45.1 Å². The number of hydrogen-bond donors (Lipinski definition) is 0. The van der Waals surface area contributed by atoms with Crippen LogP contribution in [-0.4, -0.2) is 40.4 Å². The van der Waals surface area contributed by atoms with Crippen LogP contribution in [0.4, 0.5) is 4.79 Å². The van der Waals surface area contributed by atoms with E-state index in [9.17, 15) is 9.59 Å². The molecule has 0 aromatic carbocycles. The number of hydrogen-bond acceptors (Lipinski definition) is 2. The molecular weight excluding hydrogens is 216 g/mol. The van der Waals surface area contributed by atoms with Gasteiger partial charge in [-0.05, 0) is 31.6 Å². The van der Waals surface area contributed by atoms with Crippen molar-refractivity contribution in [2.75, 3.05) is 6.54 Å². The van der Waals surface area contributed by atoms with Crippen molar-refractivity contribution in [3.8, 4) is 0 Å². The van der Waals surface area contributed by atoms with E-state index in [4.69, 9.17) is 0 Å². The van der Waals surface area contributed by atoms with Crippen LogP contribution in [0.5, 0.6) is 0 Å². The van der Waals surface area contributed by atoms with E-state index in [2.05, 4.69) is 6.92 Å². The summed E-state index contributed by atoms with van der Waals surface area (Å²) in [5, 5.41) is 0. The van der Waals surface area contributed by atoms with Gasteiger partial charge in [-0.3, -0.25) is 9.69 Å². The summed E-state index contributed by atoms with van der Waals surface area (Å²) in [5.41, 5.74) is 0. The van der Waals surface area contributed by atoms with E-state index in [1.165, 1.54) is 0 Å². The first-order valence-corrected chi connectivity index (χ1v) is 6.84. The molecule has 3 aliphatic rings. The molecule has 2 heterocycles. The molecule has 3 rings (SSSR count). The van der Waals surface area contributed by atoms with E-state index in [0.29, 0.717) is 5.92 Å². The molecule has 0 aromatic rings. The lowest BCUT2D eigenvalue weighted by atomic mass is 9.91. The normalized spacial score (nSPS) is 34.6. The van der Waals surface area contributed by atoms with E-state index in [-0.39, 0.29) is 24.0 Å². The quantitative estimate of drug-likeness (QED) is 0.653. The van der Waals surface area contributed by atoms with Crippen LogP contribution < -0.4 is 0 Å². The Bertz CT molecular complexity index is 349. The Balaban J connectivity index is 1.86. The molecule has 4 heteroatoms. The van der Waals surface area contributed by atoms with E-state index < -0.39 is 0 Å². The van der Waals surface area contributed by atoms with Gasteiger partial charge in [0.1, 0.15) is 6.04 Å². The molecule has 17 heavy (non-hydrogen) atoms. The number of urea groups is 1. The topological polar surface area (TPSA) is 40.6 Å². The minimum atomic E-state index is -0.156. The number of carbonyl (C=O) groups is 2. The highest BCUT2D eigenvalue weighted by molar-refractivity contribution is 6.04. The molecule has 4 nitrogen and oxygen atoms in total. The minimum absolute atomic E-state index is 0.0153. The van der Waals surface area contributed by atoms with Crippen molar-refractivity contribution in [2.24, 2.45) is 5.92 Å². The highest BCUT2D eigenvalue weighted by Gasteiger charge is 2.51. The average Bonchev–Trinajstić information content (AvgIpc) is 2.88. The smallest absolute Gasteiger partial charge is 0.312 e. The lowest BCUT2D eigenvalue weighted by Gasteiger charge is -2.31. The van der Waals surface area contributed by atoms with Crippen LogP contribution in [0.25, 0.3) is 0 Å². The maximum Gasteiger partial charge on any atom is 0.327 e. The summed E-state index contributed by atoms with van der Waals surface area (Å²) in [4.78, 5) is 28.1. The Morgan fingerprint density at radius 2 is 1.76 bits per heavy atom. The zero-order valence-corrected chi connectivity index (χ0v) is 10.4. The first-order chi connectivity index (χ1) is 8.20. The van der Waals surface area contributed by atoms with Crippen molar-refractivity contribution in [2.45, 2.75) is 57.5 Å². The number of carbonyl (C=O) groups excluding carboxylic acids is 2. The van der Waals surface area contributed by atoms with Gasteiger partial charge in [0.15, 0.2) is 0 Å². The molecule has 1 aliphatic carbocycles. The maximum atomic E-state index is 12.4. The second-order valence-electron chi connectivity index (χ2n) is 5.69. The summed E-state index contributed by atoms with van der Waals surface area (Å²) in [5.74, 6) is 0.403. The summed E-state index contributed by atoms with van der Waals surface area (Å²) >= 11 is 0. The predicted molar refractivity (Wildman–Crippen MR) is 63.4 cm³/mol. The molecular formula is C13H20N2O2. The second-order valence-corrected chi connectivity index (χ2v) is 5.69. The molecule has 3 amide bonds. The molecule has 2 atom stereocenters. The lowest BCUT2D eigenvalue weighted by Crippen LogP contribution is -2.44. The highest BCUT2D eigenvalue weighted by atomic mass is 16.2. The summed E-state index contributed by atoms with van der Waals surface area (Å²) in [7, 11) is 0. The molecule has 2 aliphatic heterocycles. The Morgan fingerprint density at radius 1 is 1.06 bits per heavy atom. The van der Waals surface area contributed by atoms with Gasteiger partial charge in [0, 0.05) is 12.6 Å². The van der Waals surface area contributed by atoms with Crippen molar-refractivity contribution >= 4 is 11.9 Å². The molecule has 0 radical (unpaired) electrons. The van der Waals surface area contributed by atoms with E-state index >= 15 is 0 Å². The number of imide groups is 1. The predicted octanol–water partition coefficient (Wildman–Crippen LogP) is 1.99. The molecule has 2 saturated heterocycles. The molecule has 0 aromatic heterocycles. The molecule has 1 saturated carbocycles. The van der Waals surface area contributed by atoms with Crippen molar-refractivity contribution in [3.63, 3.8) is 0 Å². The Kier molecular flexibility index (Phi) is 2.60. The van der Waals surface area contributed by atoms with Crippen LogP contribution in [0, 0.1) is 5.92 Å². The van der Waals surface area contributed by atoms with Gasteiger partial charge >= 0.3 is 6.03 Å². The van der Waals surface area contributed by atoms with Gasteiger partial charge in [-0.15, -0.1) is 0 Å². The Morgan fingerprint density at radius 3 is 2.41 bits per heavy atom. The Hall–Kier alpha value is -1.06. The molecule has 0 bridgehead atoms. The number of piperidine rings is 1. The zero-order valence-electron chi connectivity index (χ0n) is 10.4. The van der Waals surface area contributed by atoms with Crippen LogP contribution >= 0.6 is 0 Å². The summed E-state index contributed by atoms with van der Waals surface area (Å²) in [6.45, 7) is 2.86. The van der Waals surface area contributed by atoms with E-state index in [1.807, 2.05) is 4.90 Å². The molecule has 2 unspecified atom stereocenters. The fourth-order valence-corrected chi connectivity index (χ4v) is 3.65. The highest BCUT2D eigenvalue weighted by Crippen LogP contribution is 2.35. The number of fused-ring (bicyclic) bond motifs is 1. The van der Waals surface area contributed by atoms with Crippen LogP contribution in [0.15, 0.2) is 0 Å². The van der Waals surface area contributed by atoms with Gasteiger partial charge in [-0.1, -0.05) is 19.8 Å². The molecule has 3 fully saturated rings. The monoisotopic (exact) mass is 236 g/mol. The summed E-state index contributed by atoms with van der Waals surface area (Å²) < 4.78 is 0. The van der Waals surface area contributed by atoms with Crippen LogP contribution in [-0.2, 0) is 4.79 Å². The summed E-state index contributed by atoms with van der Waals surface area (Å²) in [6.07, 6.45) is 6.43. The molecule has 0 spiro atoms. The standard InChI is InChI=1S/C13H20N2O2/c1-9-5-4-8-14-11(9)12(16)15(13(14)17)10-6-2-3-7-10/h9-11H,2-8H2,1H3. The lowest BCUT2D eigenvalue weighted by molar-refractivity contribution is -0.131. The number of rotatable bonds is 1. The number of amides is 3. The van der Waals surface area contributed by atoms with Crippen molar-refractivity contribution in [1.29, 1.82) is 0 Å². The second kappa shape index (κ2) is 4.00. The van der Waals surface area contributed by atoms with Gasteiger partial charge in [-0.25, -0.2) is 4.79 Å². The first-order valence-electron chi connectivity index (χ1n) is 6.84. The van der Waals surface area contributed by atoms with Crippen molar-refractivity contribution in [3.05, 3.63) is 0 Å². The zero-order chi connectivity index (χ0) is 12.0.